The fraction of sp³-hybridized carbons (Fsp3) is 0.545. The summed E-state index contributed by atoms with van der Waals surface area (Å²) < 4.78 is 10.6. The number of carbonyl (C=O) groups is 2. The number of nitrogens with zero attached hydrogens (tertiary/aromatic N) is 1. The summed E-state index contributed by atoms with van der Waals surface area (Å²) in [5.41, 5.74) is 0.0950. The molecule has 2 atom stereocenters. The number of methoxy groups -OCH3 is 1. The average Bonchev–Trinajstić information content (AvgIpc) is 2.65. The lowest BCUT2D eigenvalue weighted by Gasteiger charge is -2.47. The predicted octanol–water partition coefficient (Wildman–Crippen LogP) is 4.43. The van der Waals surface area contributed by atoms with Gasteiger partial charge in [0.2, 0.25) is 0 Å². The van der Waals surface area contributed by atoms with Crippen molar-refractivity contribution < 1.29 is 19.1 Å². The summed E-state index contributed by atoms with van der Waals surface area (Å²) in [4.78, 5) is 27.1. The summed E-state index contributed by atoms with van der Waals surface area (Å²) >= 11 is 0. The molecule has 1 fully saturated rings. The van der Waals surface area contributed by atoms with Gasteiger partial charge in [-0.1, -0.05) is 57.2 Å². The van der Waals surface area contributed by atoms with Crippen molar-refractivity contribution in [1.82, 2.24) is 4.90 Å². The highest BCUT2D eigenvalue weighted by atomic mass is 16.6. The van der Waals surface area contributed by atoms with Gasteiger partial charge in [-0.05, 0) is 29.7 Å². The molecule has 0 bridgehead atoms. The highest BCUT2D eigenvalue weighted by molar-refractivity contribution is 5.79. The van der Waals surface area contributed by atoms with E-state index in [0.717, 1.165) is 5.56 Å². The Hall–Kier alpha value is -2.30. The number of carbonyl (C=O) groups excluding carboxylic acids is 2. The standard InChI is InChI=1S/C22H31NO4/c1-6-12-22(19(24)26-5)13-18(21(2,3)4)14-23(16-22)20(25)27-15-17-10-8-7-9-11-17/h6-11,18H,1,12-16H2,2-5H3/t18-,22-/m1/s1. The molecule has 5 heteroatoms. The van der Waals surface area contributed by atoms with Gasteiger partial charge in [-0.25, -0.2) is 4.79 Å². The summed E-state index contributed by atoms with van der Waals surface area (Å²) in [5, 5.41) is 0. The lowest BCUT2D eigenvalue weighted by Crippen LogP contribution is -2.55. The maximum atomic E-state index is 12.8. The maximum Gasteiger partial charge on any atom is 0.410 e. The molecule has 1 heterocycles. The van der Waals surface area contributed by atoms with E-state index in [4.69, 9.17) is 9.47 Å². The molecule has 27 heavy (non-hydrogen) atoms. The first kappa shape index (κ1) is 21.0. The van der Waals surface area contributed by atoms with Crippen molar-refractivity contribution in [3.63, 3.8) is 0 Å². The predicted molar refractivity (Wildman–Crippen MR) is 105 cm³/mol. The summed E-state index contributed by atoms with van der Waals surface area (Å²) in [5.74, 6) is -0.146. The van der Waals surface area contributed by atoms with E-state index in [1.54, 1.807) is 11.0 Å². The monoisotopic (exact) mass is 373 g/mol. The highest BCUT2D eigenvalue weighted by Gasteiger charge is 2.49. The van der Waals surface area contributed by atoms with Crippen LogP contribution in [0.5, 0.6) is 0 Å². The number of allylic oxidation sites excluding steroid dienone is 1. The Morgan fingerprint density at radius 1 is 1.30 bits per heavy atom. The van der Waals surface area contributed by atoms with Gasteiger partial charge in [-0.3, -0.25) is 4.79 Å². The molecule has 0 spiro atoms. The van der Waals surface area contributed by atoms with Crippen molar-refractivity contribution in [3.05, 3.63) is 48.6 Å². The van der Waals surface area contributed by atoms with Crippen LogP contribution in [0.4, 0.5) is 4.79 Å². The molecule has 0 aromatic heterocycles. The van der Waals surface area contributed by atoms with Crippen LogP contribution in [0.25, 0.3) is 0 Å². The summed E-state index contributed by atoms with van der Waals surface area (Å²) in [7, 11) is 1.39. The van der Waals surface area contributed by atoms with Gasteiger partial charge in [0.25, 0.3) is 0 Å². The van der Waals surface area contributed by atoms with Gasteiger partial charge < -0.3 is 14.4 Å². The first-order valence-electron chi connectivity index (χ1n) is 9.37. The van der Waals surface area contributed by atoms with Crippen molar-refractivity contribution in [2.24, 2.45) is 16.7 Å². The molecule has 0 N–H and O–H groups in total. The molecule has 2 rings (SSSR count). The third-order valence-corrected chi connectivity index (χ3v) is 5.41. The van der Waals surface area contributed by atoms with Gasteiger partial charge in [0.1, 0.15) is 6.61 Å². The van der Waals surface area contributed by atoms with Crippen LogP contribution in [0, 0.1) is 16.7 Å². The second-order valence-electron chi connectivity index (χ2n) is 8.45. The maximum absolute atomic E-state index is 12.8. The van der Waals surface area contributed by atoms with E-state index in [-0.39, 0.29) is 30.5 Å². The van der Waals surface area contributed by atoms with E-state index in [0.29, 0.717) is 19.4 Å². The van der Waals surface area contributed by atoms with Crippen molar-refractivity contribution in [2.75, 3.05) is 20.2 Å². The Kier molecular flexibility index (Phi) is 6.68. The molecule has 0 aliphatic carbocycles. The molecule has 0 radical (unpaired) electrons. The van der Waals surface area contributed by atoms with E-state index in [1.807, 2.05) is 30.3 Å². The third kappa shape index (κ3) is 5.12. The van der Waals surface area contributed by atoms with Gasteiger partial charge in [0, 0.05) is 13.1 Å². The van der Waals surface area contributed by atoms with Crippen LogP contribution in [0.1, 0.15) is 39.2 Å². The Bertz CT molecular complexity index is 665. The van der Waals surface area contributed by atoms with Crippen molar-refractivity contribution in [3.8, 4) is 0 Å². The van der Waals surface area contributed by atoms with Crippen LogP contribution < -0.4 is 0 Å². The minimum absolute atomic E-state index is 0.0567. The van der Waals surface area contributed by atoms with Crippen LogP contribution in [0.2, 0.25) is 0 Å². The van der Waals surface area contributed by atoms with Crippen LogP contribution >= 0.6 is 0 Å². The summed E-state index contributed by atoms with van der Waals surface area (Å²) in [6, 6.07) is 9.57. The first-order valence-corrected chi connectivity index (χ1v) is 9.37. The minimum Gasteiger partial charge on any atom is -0.469 e. The number of esters is 1. The largest absolute Gasteiger partial charge is 0.469 e. The number of hydrogen-bond acceptors (Lipinski definition) is 4. The lowest BCUT2D eigenvalue weighted by molar-refractivity contribution is -0.158. The zero-order valence-electron chi connectivity index (χ0n) is 16.9. The fourth-order valence-electron chi connectivity index (χ4n) is 3.70. The number of likely N-dealkylation sites (tertiary alicyclic amines) is 1. The molecule has 1 amide bonds. The van der Waals surface area contributed by atoms with Gasteiger partial charge in [-0.15, -0.1) is 6.58 Å². The quantitative estimate of drug-likeness (QED) is 0.566. The van der Waals surface area contributed by atoms with E-state index < -0.39 is 11.5 Å². The van der Waals surface area contributed by atoms with E-state index >= 15 is 0 Å². The smallest absolute Gasteiger partial charge is 0.410 e. The molecule has 1 aliphatic heterocycles. The van der Waals surface area contributed by atoms with Gasteiger partial charge >= 0.3 is 12.1 Å². The average molecular weight is 373 g/mol. The Balaban J connectivity index is 2.21. The summed E-state index contributed by atoms with van der Waals surface area (Å²) in [6.45, 7) is 11.3. The molecule has 1 saturated heterocycles. The topological polar surface area (TPSA) is 55.8 Å². The Morgan fingerprint density at radius 3 is 2.52 bits per heavy atom. The fourth-order valence-corrected chi connectivity index (χ4v) is 3.70. The minimum atomic E-state index is -0.779. The second-order valence-corrected chi connectivity index (χ2v) is 8.45. The van der Waals surface area contributed by atoms with Crippen molar-refractivity contribution >= 4 is 12.1 Å². The normalized spacial score (nSPS) is 22.8. The van der Waals surface area contributed by atoms with E-state index in [1.165, 1.54) is 7.11 Å². The van der Waals surface area contributed by atoms with Crippen LogP contribution in [0.3, 0.4) is 0 Å². The molecule has 148 valence electrons. The zero-order valence-corrected chi connectivity index (χ0v) is 16.9. The van der Waals surface area contributed by atoms with E-state index in [2.05, 4.69) is 27.4 Å². The third-order valence-electron chi connectivity index (χ3n) is 5.41. The number of hydrogen-bond donors (Lipinski definition) is 0. The molecular formula is C22H31NO4. The lowest BCUT2D eigenvalue weighted by atomic mass is 9.66. The Labute approximate surface area is 162 Å². The zero-order chi connectivity index (χ0) is 20.1. The number of rotatable bonds is 5. The van der Waals surface area contributed by atoms with Crippen LogP contribution in [-0.2, 0) is 20.9 Å². The van der Waals surface area contributed by atoms with Gasteiger partial charge in [0.05, 0.1) is 12.5 Å². The molecule has 5 nitrogen and oxygen atoms in total. The number of benzene rings is 1. The number of ether oxygens (including phenoxy) is 2. The molecule has 1 aromatic carbocycles. The van der Waals surface area contributed by atoms with Gasteiger partial charge in [-0.2, -0.15) is 0 Å². The highest BCUT2D eigenvalue weighted by Crippen LogP contribution is 2.44. The number of amides is 1. The SMILES string of the molecule is C=CC[C@@]1(C(=O)OC)C[C@@H](C(C)(C)C)CN(C(=O)OCc2ccccc2)C1. The first-order chi connectivity index (χ1) is 12.7. The molecular weight excluding hydrogens is 342 g/mol. The molecule has 1 aliphatic rings. The van der Waals surface area contributed by atoms with Crippen molar-refractivity contribution in [2.45, 2.75) is 40.2 Å². The van der Waals surface area contributed by atoms with Gasteiger partial charge in [0.15, 0.2) is 0 Å². The van der Waals surface area contributed by atoms with Crippen LogP contribution in [-0.4, -0.2) is 37.2 Å². The Morgan fingerprint density at radius 2 is 1.96 bits per heavy atom. The second kappa shape index (κ2) is 8.59. The van der Waals surface area contributed by atoms with Crippen LogP contribution in [0.15, 0.2) is 43.0 Å². The molecule has 1 aromatic rings. The van der Waals surface area contributed by atoms with Crippen molar-refractivity contribution in [1.29, 1.82) is 0 Å². The molecule has 0 saturated carbocycles. The number of piperidine rings is 1. The van der Waals surface area contributed by atoms with E-state index in [9.17, 15) is 9.59 Å². The summed E-state index contributed by atoms with van der Waals surface area (Å²) in [6.07, 6.45) is 2.46. The molecule has 0 unspecified atom stereocenters.